The van der Waals surface area contributed by atoms with Crippen molar-refractivity contribution in [1.82, 2.24) is 15.3 Å². The highest BCUT2D eigenvalue weighted by Crippen LogP contribution is 2.37. The molecule has 2 aromatic heterocycles. The summed E-state index contributed by atoms with van der Waals surface area (Å²) in [6.07, 6.45) is 6.52. The van der Waals surface area contributed by atoms with Crippen molar-refractivity contribution in [3.05, 3.63) is 72.6 Å². The standard InChI is InChI=1S/C24H23N5O2S/c1-4-25-23(31)29-24-28-20-12-17(16-9-8-14(2)21(15(3)30)27-13-16)11-18(22(20)32-24)19-7-5-6-10-26-19/h5-13,15,30H,2,4H2,1,3H3,(H2,25,28,29,31). The van der Waals surface area contributed by atoms with Crippen LogP contribution in [0.1, 0.15) is 19.4 Å². The fourth-order valence-corrected chi connectivity index (χ4v) is 4.32. The predicted molar refractivity (Wildman–Crippen MR) is 131 cm³/mol. The Morgan fingerprint density at radius 2 is 2.12 bits per heavy atom. The first kappa shape index (κ1) is 21.6. The predicted octanol–water partition coefficient (Wildman–Crippen LogP) is 4.79. The van der Waals surface area contributed by atoms with Crippen molar-refractivity contribution in [3.63, 3.8) is 0 Å². The number of benzene rings is 1. The molecular formula is C24H23N5O2S. The minimum absolute atomic E-state index is 0.293. The molecule has 1 aliphatic rings. The summed E-state index contributed by atoms with van der Waals surface area (Å²) in [7, 11) is 0. The van der Waals surface area contributed by atoms with Gasteiger partial charge in [-0.3, -0.25) is 15.3 Å². The van der Waals surface area contributed by atoms with Crippen molar-refractivity contribution in [2.24, 2.45) is 4.99 Å². The summed E-state index contributed by atoms with van der Waals surface area (Å²) in [6, 6.07) is 9.46. The van der Waals surface area contributed by atoms with Gasteiger partial charge in [0.1, 0.15) is 0 Å². The monoisotopic (exact) mass is 445 g/mol. The first-order valence-corrected chi connectivity index (χ1v) is 11.0. The van der Waals surface area contributed by atoms with Crippen LogP contribution in [0.5, 0.6) is 0 Å². The molecule has 0 spiro atoms. The molecule has 1 unspecified atom stereocenters. The van der Waals surface area contributed by atoms with Crippen molar-refractivity contribution >= 4 is 44.0 Å². The van der Waals surface area contributed by atoms with E-state index in [0.29, 0.717) is 23.0 Å². The van der Waals surface area contributed by atoms with Crippen LogP contribution in [0.3, 0.4) is 0 Å². The molecular weight excluding hydrogens is 422 g/mol. The molecule has 1 aliphatic heterocycles. The van der Waals surface area contributed by atoms with E-state index in [0.717, 1.165) is 32.6 Å². The second-order valence-electron chi connectivity index (χ2n) is 7.22. The molecule has 0 bridgehead atoms. The molecule has 3 aromatic rings. The minimum atomic E-state index is -0.712. The number of carbonyl (C=O) groups excluding carboxylic acids is 1. The summed E-state index contributed by atoms with van der Waals surface area (Å²) in [5, 5.41) is 16.0. The Kier molecular flexibility index (Phi) is 6.25. The number of aliphatic imine (C=N–C) groups is 1. The number of fused-ring (bicyclic) bond motifs is 1. The van der Waals surface area contributed by atoms with Crippen molar-refractivity contribution in [1.29, 1.82) is 0 Å². The lowest BCUT2D eigenvalue weighted by Gasteiger charge is -2.07. The zero-order chi connectivity index (χ0) is 22.7. The maximum atomic E-state index is 12.0. The lowest BCUT2D eigenvalue weighted by atomic mass is 10.00. The summed E-state index contributed by atoms with van der Waals surface area (Å²) >= 11 is 1.40. The first-order chi connectivity index (χ1) is 15.5. The molecule has 3 heterocycles. The number of nitrogens with zero attached hydrogens (tertiary/aromatic N) is 3. The van der Waals surface area contributed by atoms with Gasteiger partial charge in [0, 0.05) is 30.1 Å². The second-order valence-corrected chi connectivity index (χ2v) is 8.22. The van der Waals surface area contributed by atoms with Crippen molar-refractivity contribution in [2.45, 2.75) is 20.0 Å². The van der Waals surface area contributed by atoms with E-state index in [1.807, 2.05) is 49.4 Å². The third-order valence-corrected chi connectivity index (χ3v) is 5.87. The van der Waals surface area contributed by atoms with Gasteiger partial charge in [0.25, 0.3) is 0 Å². The number of hydrogen-bond acceptors (Lipinski definition) is 6. The van der Waals surface area contributed by atoms with E-state index in [1.165, 1.54) is 11.3 Å². The van der Waals surface area contributed by atoms with Gasteiger partial charge < -0.3 is 10.4 Å². The average molecular weight is 446 g/mol. The summed E-state index contributed by atoms with van der Waals surface area (Å²) in [6.45, 7) is 8.04. The SMILES string of the molecule is C=C1C=CC(c2cc(-c3ccccn3)c3sc(NC(=O)NCC)nc3c2)=CN=C1C(C)O. The third kappa shape index (κ3) is 4.51. The Balaban J connectivity index is 1.85. The van der Waals surface area contributed by atoms with Crippen molar-refractivity contribution in [2.75, 3.05) is 11.9 Å². The van der Waals surface area contributed by atoms with E-state index in [4.69, 9.17) is 0 Å². The quantitative estimate of drug-likeness (QED) is 0.526. The van der Waals surface area contributed by atoms with Crippen molar-refractivity contribution in [3.8, 4) is 11.3 Å². The fourth-order valence-electron chi connectivity index (χ4n) is 3.35. The Hall–Kier alpha value is -3.62. The molecule has 7 nitrogen and oxygen atoms in total. The maximum Gasteiger partial charge on any atom is 0.321 e. The van der Waals surface area contributed by atoms with Crippen LogP contribution >= 0.6 is 11.3 Å². The number of hydrogen-bond donors (Lipinski definition) is 3. The van der Waals surface area contributed by atoms with E-state index in [9.17, 15) is 9.90 Å². The summed E-state index contributed by atoms with van der Waals surface area (Å²) in [4.78, 5) is 25.6. The number of thiazole rings is 1. The molecule has 0 radical (unpaired) electrons. The highest BCUT2D eigenvalue weighted by molar-refractivity contribution is 7.22. The summed E-state index contributed by atoms with van der Waals surface area (Å²) < 4.78 is 0.926. The largest absolute Gasteiger partial charge is 0.387 e. The number of aliphatic hydroxyl groups excluding tert-OH is 1. The molecule has 0 saturated heterocycles. The van der Waals surface area contributed by atoms with E-state index in [1.54, 1.807) is 19.3 Å². The van der Waals surface area contributed by atoms with Gasteiger partial charge in [-0.1, -0.05) is 36.1 Å². The van der Waals surface area contributed by atoms with Gasteiger partial charge in [-0.05, 0) is 49.2 Å². The van der Waals surface area contributed by atoms with Crippen LogP contribution in [0.2, 0.25) is 0 Å². The Labute approximate surface area is 190 Å². The summed E-state index contributed by atoms with van der Waals surface area (Å²) in [5.74, 6) is 0. The second kappa shape index (κ2) is 9.25. The third-order valence-electron chi connectivity index (χ3n) is 4.85. The van der Waals surface area contributed by atoms with E-state index in [2.05, 4.69) is 32.2 Å². The summed E-state index contributed by atoms with van der Waals surface area (Å²) in [5.41, 5.74) is 5.42. The highest BCUT2D eigenvalue weighted by atomic mass is 32.1. The zero-order valence-electron chi connectivity index (χ0n) is 17.8. The van der Waals surface area contributed by atoms with Gasteiger partial charge in [0.15, 0.2) is 5.13 Å². The Bertz CT molecular complexity index is 1270. The maximum absolute atomic E-state index is 12.0. The Morgan fingerprint density at radius 1 is 1.28 bits per heavy atom. The molecule has 0 fully saturated rings. The smallest absolute Gasteiger partial charge is 0.321 e. The van der Waals surface area contributed by atoms with Crippen molar-refractivity contribution < 1.29 is 9.90 Å². The number of aromatic nitrogens is 2. The van der Waals surface area contributed by atoms with Crippen LogP contribution < -0.4 is 10.6 Å². The minimum Gasteiger partial charge on any atom is -0.387 e. The molecule has 8 heteroatoms. The van der Waals surface area contributed by atoms with E-state index >= 15 is 0 Å². The highest BCUT2D eigenvalue weighted by Gasteiger charge is 2.17. The molecule has 1 atom stereocenters. The number of allylic oxidation sites excluding steroid dienone is 3. The number of anilines is 1. The number of rotatable bonds is 5. The molecule has 162 valence electrons. The molecule has 0 aliphatic carbocycles. The van der Waals surface area contributed by atoms with Crippen LogP contribution in [-0.4, -0.2) is 39.5 Å². The van der Waals surface area contributed by atoms with Gasteiger partial charge in [-0.25, -0.2) is 9.78 Å². The molecule has 0 saturated carbocycles. The Morgan fingerprint density at radius 3 is 2.84 bits per heavy atom. The van der Waals surface area contributed by atoms with Gasteiger partial charge in [-0.15, -0.1) is 0 Å². The van der Waals surface area contributed by atoms with Gasteiger partial charge in [-0.2, -0.15) is 0 Å². The molecule has 4 rings (SSSR count). The first-order valence-electron chi connectivity index (χ1n) is 10.2. The van der Waals surface area contributed by atoms with Gasteiger partial charge >= 0.3 is 6.03 Å². The average Bonchev–Trinajstić information content (AvgIpc) is 3.06. The number of urea groups is 1. The molecule has 3 N–H and O–H groups in total. The van der Waals surface area contributed by atoms with Crippen LogP contribution in [0.25, 0.3) is 27.0 Å². The van der Waals surface area contributed by atoms with Gasteiger partial charge in [0.05, 0.1) is 27.7 Å². The lowest BCUT2D eigenvalue weighted by Crippen LogP contribution is -2.28. The molecule has 2 amide bonds. The molecule has 32 heavy (non-hydrogen) atoms. The number of nitrogens with one attached hydrogen (secondary N) is 2. The molecule has 1 aromatic carbocycles. The van der Waals surface area contributed by atoms with Gasteiger partial charge in [0.2, 0.25) is 0 Å². The van der Waals surface area contributed by atoms with Crippen LogP contribution in [0.15, 0.2) is 72.0 Å². The van der Waals surface area contributed by atoms with Crippen LogP contribution in [-0.2, 0) is 0 Å². The number of aliphatic hydroxyl groups is 1. The number of amides is 2. The number of pyridine rings is 1. The van der Waals surface area contributed by atoms with Crippen LogP contribution in [0.4, 0.5) is 9.93 Å². The normalized spacial score (nSPS) is 14.5. The van der Waals surface area contributed by atoms with Crippen LogP contribution in [0, 0.1) is 0 Å². The topological polar surface area (TPSA) is 99.5 Å². The lowest BCUT2D eigenvalue weighted by molar-refractivity contribution is 0.252. The van der Waals surface area contributed by atoms with E-state index in [-0.39, 0.29) is 6.03 Å². The van der Waals surface area contributed by atoms with E-state index < -0.39 is 6.10 Å². The zero-order valence-corrected chi connectivity index (χ0v) is 18.6. The fraction of sp³-hybridized carbons (Fsp3) is 0.167. The number of carbonyl (C=O) groups is 1.